The van der Waals surface area contributed by atoms with Gasteiger partial charge in [-0.1, -0.05) is 11.6 Å². The molecule has 0 N–H and O–H groups in total. The van der Waals surface area contributed by atoms with Gasteiger partial charge in [-0.25, -0.2) is 0 Å². The Bertz CT molecular complexity index is 688. The fourth-order valence-corrected chi connectivity index (χ4v) is 2.50. The normalized spacial score (nSPS) is 10.7. The van der Waals surface area contributed by atoms with E-state index < -0.39 is 4.92 Å². The summed E-state index contributed by atoms with van der Waals surface area (Å²) in [6.07, 6.45) is 0. The van der Waals surface area contributed by atoms with Gasteiger partial charge in [0, 0.05) is 18.7 Å². The predicted molar refractivity (Wildman–Crippen MR) is 82.8 cm³/mol. The van der Waals surface area contributed by atoms with Crippen LogP contribution in [-0.2, 0) is 13.2 Å². The van der Waals surface area contributed by atoms with Crippen LogP contribution < -0.4 is 4.74 Å². The van der Waals surface area contributed by atoms with Crippen LogP contribution in [0.2, 0.25) is 5.02 Å². The second-order valence-corrected chi connectivity index (χ2v) is 5.52. The molecule has 6 nitrogen and oxygen atoms in total. The summed E-state index contributed by atoms with van der Waals surface area (Å²) in [6, 6.07) is 4.13. The molecule has 0 unspecified atom stereocenters. The van der Waals surface area contributed by atoms with Crippen LogP contribution in [0, 0.1) is 17.0 Å². The summed E-state index contributed by atoms with van der Waals surface area (Å²) < 4.78 is 8.37. The van der Waals surface area contributed by atoms with Crippen molar-refractivity contribution in [3.8, 4) is 5.75 Å². The standard InChI is InChI=1S/C13H13BrClN3O3/c1-3-17-11(13(14)8(2)16-17)7-21-12-5-4-9(18(19)20)6-10(12)15/h4-6H,3,7H2,1-2H3. The molecule has 1 aromatic carbocycles. The van der Waals surface area contributed by atoms with Gasteiger partial charge >= 0.3 is 0 Å². The van der Waals surface area contributed by atoms with E-state index in [4.69, 9.17) is 16.3 Å². The highest BCUT2D eigenvalue weighted by molar-refractivity contribution is 9.10. The highest BCUT2D eigenvalue weighted by atomic mass is 79.9. The van der Waals surface area contributed by atoms with Crippen molar-refractivity contribution in [2.45, 2.75) is 27.0 Å². The summed E-state index contributed by atoms with van der Waals surface area (Å²) in [7, 11) is 0. The monoisotopic (exact) mass is 373 g/mol. The van der Waals surface area contributed by atoms with Crippen LogP contribution in [-0.4, -0.2) is 14.7 Å². The van der Waals surface area contributed by atoms with Crippen LogP contribution >= 0.6 is 27.5 Å². The SMILES string of the molecule is CCn1nc(C)c(Br)c1COc1ccc([N+](=O)[O-])cc1Cl. The van der Waals surface area contributed by atoms with Crippen molar-refractivity contribution in [3.63, 3.8) is 0 Å². The first kappa shape index (κ1) is 15.8. The summed E-state index contributed by atoms with van der Waals surface area (Å²) in [6.45, 7) is 4.88. The average Bonchev–Trinajstić information content (AvgIpc) is 2.72. The number of aryl methyl sites for hydroxylation is 2. The average molecular weight is 375 g/mol. The minimum Gasteiger partial charge on any atom is -0.486 e. The van der Waals surface area contributed by atoms with Crippen LogP contribution in [0.1, 0.15) is 18.3 Å². The van der Waals surface area contributed by atoms with E-state index in [-0.39, 0.29) is 17.3 Å². The molecule has 0 amide bonds. The first-order chi connectivity index (χ1) is 9.93. The van der Waals surface area contributed by atoms with E-state index in [0.717, 1.165) is 22.4 Å². The van der Waals surface area contributed by atoms with Crippen molar-refractivity contribution in [1.82, 2.24) is 9.78 Å². The van der Waals surface area contributed by atoms with E-state index in [1.807, 2.05) is 18.5 Å². The summed E-state index contributed by atoms with van der Waals surface area (Å²) in [4.78, 5) is 10.2. The molecule has 0 spiro atoms. The zero-order valence-electron chi connectivity index (χ0n) is 11.5. The Morgan fingerprint density at radius 2 is 2.24 bits per heavy atom. The first-order valence-electron chi connectivity index (χ1n) is 6.22. The van der Waals surface area contributed by atoms with E-state index in [1.165, 1.54) is 18.2 Å². The number of nitrogens with zero attached hydrogens (tertiary/aromatic N) is 3. The maximum Gasteiger partial charge on any atom is 0.271 e. The van der Waals surface area contributed by atoms with E-state index in [1.54, 1.807) is 0 Å². The number of ether oxygens (including phenoxy) is 1. The van der Waals surface area contributed by atoms with Gasteiger partial charge in [0.1, 0.15) is 12.4 Å². The molecule has 2 aromatic rings. The van der Waals surface area contributed by atoms with Crippen LogP contribution in [0.25, 0.3) is 0 Å². The Labute approximate surface area is 134 Å². The van der Waals surface area contributed by atoms with Gasteiger partial charge in [-0.15, -0.1) is 0 Å². The quantitative estimate of drug-likeness (QED) is 0.583. The van der Waals surface area contributed by atoms with Gasteiger partial charge in [-0.05, 0) is 35.8 Å². The van der Waals surface area contributed by atoms with Crippen molar-refractivity contribution in [2.75, 3.05) is 0 Å². The number of benzene rings is 1. The third-order valence-corrected chi connectivity index (χ3v) is 4.27. The molecule has 0 fully saturated rings. The van der Waals surface area contributed by atoms with Gasteiger partial charge in [0.2, 0.25) is 0 Å². The number of hydrogen-bond donors (Lipinski definition) is 0. The van der Waals surface area contributed by atoms with Crippen molar-refractivity contribution in [1.29, 1.82) is 0 Å². The molecule has 0 atom stereocenters. The van der Waals surface area contributed by atoms with Crippen LogP contribution in [0.4, 0.5) is 5.69 Å². The number of non-ortho nitro benzene ring substituents is 1. The molecule has 21 heavy (non-hydrogen) atoms. The lowest BCUT2D eigenvalue weighted by Gasteiger charge is -2.09. The largest absolute Gasteiger partial charge is 0.486 e. The van der Waals surface area contributed by atoms with Crippen LogP contribution in [0.3, 0.4) is 0 Å². The maximum absolute atomic E-state index is 10.7. The second kappa shape index (κ2) is 6.44. The molecule has 112 valence electrons. The van der Waals surface area contributed by atoms with Crippen molar-refractivity contribution in [3.05, 3.63) is 49.2 Å². The van der Waals surface area contributed by atoms with Gasteiger partial charge in [-0.3, -0.25) is 14.8 Å². The molecule has 8 heteroatoms. The van der Waals surface area contributed by atoms with Gasteiger partial charge < -0.3 is 4.74 Å². The zero-order chi connectivity index (χ0) is 15.6. The Morgan fingerprint density at radius 3 is 2.81 bits per heavy atom. The Morgan fingerprint density at radius 1 is 1.52 bits per heavy atom. The topological polar surface area (TPSA) is 70.2 Å². The molecule has 1 heterocycles. The molecule has 1 aromatic heterocycles. The van der Waals surface area contributed by atoms with Crippen LogP contribution in [0.15, 0.2) is 22.7 Å². The van der Waals surface area contributed by atoms with Gasteiger partial charge in [-0.2, -0.15) is 5.10 Å². The third-order valence-electron chi connectivity index (χ3n) is 2.94. The van der Waals surface area contributed by atoms with Crippen molar-refractivity contribution in [2.24, 2.45) is 0 Å². The third kappa shape index (κ3) is 3.36. The predicted octanol–water partition coefficient (Wildman–Crippen LogP) is 4.11. The van der Waals surface area contributed by atoms with E-state index in [9.17, 15) is 10.1 Å². The molecular formula is C13H13BrClN3O3. The highest BCUT2D eigenvalue weighted by Gasteiger charge is 2.15. The second-order valence-electron chi connectivity index (χ2n) is 4.32. The van der Waals surface area contributed by atoms with E-state index in [2.05, 4.69) is 21.0 Å². The molecule has 0 bridgehead atoms. The number of nitro benzene ring substituents is 1. The lowest BCUT2D eigenvalue weighted by atomic mass is 10.3. The van der Waals surface area contributed by atoms with Gasteiger partial charge in [0.15, 0.2) is 0 Å². The fourth-order valence-electron chi connectivity index (χ4n) is 1.87. The minimum absolute atomic E-state index is 0.0667. The summed E-state index contributed by atoms with van der Waals surface area (Å²) in [5.74, 6) is 0.399. The lowest BCUT2D eigenvalue weighted by Crippen LogP contribution is -2.06. The van der Waals surface area contributed by atoms with Gasteiger partial charge in [0.05, 0.1) is 25.8 Å². The molecule has 2 rings (SSSR count). The zero-order valence-corrected chi connectivity index (χ0v) is 13.8. The summed E-state index contributed by atoms with van der Waals surface area (Å²) in [5, 5.41) is 15.2. The number of halogens is 2. The Kier molecular flexibility index (Phi) is 4.84. The van der Waals surface area contributed by atoms with Gasteiger partial charge in [0.25, 0.3) is 5.69 Å². The van der Waals surface area contributed by atoms with Crippen LogP contribution in [0.5, 0.6) is 5.75 Å². The summed E-state index contributed by atoms with van der Waals surface area (Å²) >= 11 is 9.47. The molecule has 0 saturated carbocycles. The number of hydrogen-bond acceptors (Lipinski definition) is 4. The van der Waals surface area contributed by atoms with Crippen molar-refractivity contribution < 1.29 is 9.66 Å². The lowest BCUT2D eigenvalue weighted by molar-refractivity contribution is -0.384. The van der Waals surface area contributed by atoms with E-state index >= 15 is 0 Å². The molecule has 0 aliphatic rings. The molecule has 0 saturated heterocycles. The highest BCUT2D eigenvalue weighted by Crippen LogP contribution is 2.30. The first-order valence-corrected chi connectivity index (χ1v) is 7.39. The summed E-state index contributed by atoms with van der Waals surface area (Å²) in [5.41, 5.74) is 1.71. The molecule has 0 radical (unpaired) electrons. The smallest absolute Gasteiger partial charge is 0.271 e. The number of rotatable bonds is 5. The molecular weight excluding hydrogens is 362 g/mol. The number of aromatic nitrogens is 2. The molecule has 0 aliphatic carbocycles. The maximum atomic E-state index is 10.7. The number of nitro groups is 1. The Balaban J connectivity index is 2.19. The van der Waals surface area contributed by atoms with Crippen molar-refractivity contribution >= 4 is 33.2 Å². The minimum atomic E-state index is -0.498. The van der Waals surface area contributed by atoms with E-state index in [0.29, 0.717) is 5.75 Å². The fraction of sp³-hybridized carbons (Fsp3) is 0.308. The Hall–Kier alpha value is -1.60. The molecule has 0 aliphatic heterocycles.